The SMILES string of the molecule is Cc1cc(I)ccc1NC(=O)CCCNC(=O)c1ccc(F)cc1F. The van der Waals surface area contributed by atoms with Gasteiger partial charge in [0.05, 0.1) is 5.56 Å². The van der Waals surface area contributed by atoms with Crippen LogP contribution in [-0.2, 0) is 4.79 Å². The number of carbonyl (C=O) groups is 2. The molecule has 7 heteroatoms. The van der Waals surface area contributed by atoms with E-state index in [0.717, 1.165) is 27.0 Å². The Hall–Kier alpha value is -2.03. The molecule has 0 saturated heterocycles. The number of hydrogen-bond donors (Lipinski definition) is 2. The fraction of sp³-hybridized carbons (Fsp3) is 0.222. The summed E-state index contributed by atoms with van der Waals surface area (Å²) in [5.74, 6) is -2.45. The van der Waals surface area contributed by atoms with Gasteiger partial charge < -0.3 is 10.6 Å². The highest BCUT2D eigenvalue weighted by molar-refractivity contribution is 14.1. The number of benzene rings is 2. The zero-order valence-corrected chi connectivity index (χ0v) is 15.7. The summed E-state index contributed by atoms with van der Waals surface area (Å²) >= 11 is 2.20. The lowest BCUT2D eigenvalue weighted by molar-refractivity contribution is -0.116. The number of amides is 2. The molecule has 0 radical (unpaired) electrons. The summed E-state index contributed by atoms with van der Waals surface area (Å²) in [5.41, 5.74) is 1.50. The van der Waals surface area contributed by atoms with Crippen molar-refractivity contribution in [1.82, 2.24) is 5.32 Å². The largest absolute Gasteiger partial charge is 0.352 e. The molecule has 0 atom stereocenters. The van der Waals surface area contributed by atoms with Crippen molar-refractivity contribution in [2.45, 2.75) is 19.8 Å². The van der Waals surface area contributed by atoms with Crippen molar-refractivity contribution < 1.29 is 18.4 Å². The number of hydrogen-bond acceptors (Lipinski definition) is 2. The van der Waals surface area contributed by atoms with Gasteiger partial charge in [0.15, 0.2) is 0 Å². The zero-order chi connectivity index (χ0) is 18.4. The van der Waals surface area contributed by atoms with Crippen molar-refractivity contribution in [3.8, 4) is 0 Å². The first-order chi connectivity index (χ1) is 11.9. The van der Waals surface area contributed by atoms with Crippen molar-refractivity contribution in [3.05, 3.63) is 62.7 Å². The minimum absolute atomic E-state index is 0.161. The third-order valence-electron chi connectivity index (χ3n) is 3.50. The lowest BCUT2D eigenvalue weighted by Gasteiger charge is -2.09. The van der Waals surface area contributed by atoms with Gasteiger partial charge in [0.1, 0.15) is 11.6 Å². The Morgan fingerprint density at radius 1 is 1.12 bits per heavy atom. The van der Waals surface area contributed by atoms with Crippen molar-refractivity contribution in [3.63, 3.8) is 0 Å². The maximum atomic E-state index is 13.5. The highest BCUT2D eigenvalue weighted by Gasteiger charge is 2.12. The van der Waals surface area contributed by atoms with E-state index in [9.17, 15) is 18.4 Å². The maximum absolute atomic E-state index is 13.5. The van der Waals surface area contributed by atoms with Gasteiger partial charge in [0, 0.05) is 28.3 Å². The molecule has 0 saturated carbocycles. The van der Waals surface area contributed by atoms with Crippen LogP contribution < -0.4 is 10.6 Å². The van der Waals surface area contributed by atoms with E-state index in [1.807, 2.05) is 25.1 Å². The van der Waals surface area contributed by atoms with Crippen LogP contribution in [0.4, 0.5) is 14.5 Å². The highest BCUT2D eigenvalue weighted by Crippen LogP contribution is 2.18. The molecule has 0 spiro atoms. The number of nitrogens with one attached hydrogen (secondary N) is 2. The third-order valence-corrected chi connectivity index (χ3v) is 4.18. The predicted molar refractivity (Wildman–Crippen MR) is 100 cm³/mol. The Labute approximate surface area is 158 Å². The molecule has 2 N–H and O–H groups in total. The second-order valence-electron chi connectivity index (χ2n) is 5.49. The van der Waals surface area contributed by atoms with Gasteiger partial charge in [-0.1, -0.05) is 0 Å². The van der Waals surface area contributed by atoms with E-state index >= 15 is 0 Å². The van der Waals surface area contributed by atoms with Crippen LogP contribution in [0.1, 0.15) is 28.8 Å². The Morgan fingerprint density at radius 3 is 2.56 bits per heavy atom. The van der Waals surface area contributed by atoms with Crippen LogP contribution in [0.5, 0.6) is 0 Å². The molecule has 0 aliphatic rings. The van der Waals surface area contributed by atoms with Crippen LogP contribution in [0.15, 0.2) is 36.4 Å². The number of rotatable bonds is 6. The van der Waals surface area contributed by atoms with Crippen LogP contribution in [-0.4, -0.2) is 18.4 Å². The van der Waals surface area contributed by atoms with Crippen LogP contribution in [0.25, 0.3) is 0 Å². The lowest BCUT2D eigenvalue weighted by atomic mass is 10.2. The van der Waals surface area contributed by atoms with Gasteiger partial charge in [-0.25, -0.2) is 8.78 Å². The first-order valence-corrected chi connectivity index (χ1v) is 8.74. The molecule has 2 amide bonds. The monoisotopic (exact) mass is 458 g/mol. The normalized spacial score (nSPS) is 10.4. The predicted octanol–water partition coefficient (Wildman–Crippen LogP) is 4.03. The fourth-order valence-electron chi connectivity index (χ4n) is 2.20. The number of carbonyl (C=O) groups excluding carboxylic acids is 2. The molecular formula is C18H17F2IN2O2. The summed E-state index contributed by atoms with van der Waals surface area (Å²) < 4.78 is 27.4. The van der Waals surface area contributed by atoms with Crippen molar-refractivity contribution >= 4 is 40.1 Å². The van der Waals surface area contributed by atoms with E-state index in [1.165, 1.54) is 0 Å². The first-order valence-electron chi connectivity index (χ1n) is 7.66. The van der Waals surface area contributed by atoms with Crippen LogP contribution in [0, 0.1) is 22.1 Å². The minimum Gasteiger partial charge on any atom is -0.352 e. The third kappa shape index (κ3) is 5.77. The second-order valence-corrected chi connectivity index (χ2v) is 6.74. The summed E-state index contributed by atoms with van der Waals surface area (Å²) in [7, 11) is 0. The van der Waals surface area contributed by atoms with E-state index in [1.54, 1.807) is 0 Å². The van der Waals surface area contributed by atoms with Gasteiger partial charge in [0.25, 0.3) is 5.91 Å². The van der Waals surface area contributed by atoms with E-state index < -0.39 is 17.5 Å². The first kappa shape index (κ1) is 19.3. The molecule has 0 bridgehead atoms. The molecule has 132 valence electrons. The van der Waals surface area contributed by atoms with Crippen molar-refractivity contribution in [2.75, 3.05) is 11.9 Å². The van der Waals surface area contributed by atoms with Gasteiger partial charge in [-0.3, -0.25) is 9.59 Å². The molecule has 2 aromatic rings. The molecule has 2 aromatic carbocycles. The summed E-state index contributed by atoms with van der Waals surface area (Å²) in [6.07, 6.45) is 0.626. The fourth-order valence-corrected chi connectivity index (χ4v) is 2.85. The van der Waals surface area contributed by atoms with Gasteiger partial charge in [-0.2, -0.15) is 0 Å². The number of anilines is 1. The van der Waals surface area contributed by atoms with Gasteiger partial charge in [-0.05, 0) is 71.8 Å². The molecule has 4 nitrogen and oxygen atoms in total. The van der Waals surface area contributed by atoms with E-state index in [4.69, 9.17) is 0 Å². The topological polar surface area (TPSA) is 58.2 Å². The molecule has 0 fully saturated rings. The summed E-state index contributed by atoms with van der Waals surface area (Å²) in [6, 6.07) is 8.48. The quantitative estimate of drug-likeness (QED) is 0.508. The molecule has 0 heterocycles. The van der Waals surface area contributed by atoms with E-state index in [0.29, 0.717) is 12.5 Å². The van der Waals surface area contributed by atoms with Gasteiger partial charge in [0.2, 0.25) is 5.91 Å². The van der Waals surface area contributed by atoms with Crippen LogP contribution in [0.3, 0.4) is 0 Å². The summed E-state index contributed by atoms with van der Waals surface area (Å²) in [4.78, 5) is 23.7. The molecule has 0 unspecified atom stereocenters. The maximum Gasteiger partial charge on any atom is 0.254 e. The summed E-state index contributed by atoms with van der Waals surface area (Å²) in [6.45, 7) is 2.13. The molecule has 0 aliphatic heterocycles. The molecule has 25 heavy (non-hydrogen) atoms. The van der Waals surface area contributed by atoms with E-state index in [-0.39, 0.29) is 24.4 Å². The smallest absolute Gasteiger partial charge is 0.254 e. The average molecular weight is 458 g/mol. The van der Waals surface area contributed by atoms with Crippen LogP contribution in [0.2, 0.25) is 0 Å². The van der Waals surface area contributed by atoms with Gasteiger partial charge >= 0.3 is 0 Å². The number of halogens is 3. The van der Waals surface area contributed by atoms with Gasteiger partial charge in [-0.15, -0.1) is 0 Å². The minimum atomic E-state index is -0.913. The number of aryl methyl sites for hydroxylation is 1. The Morgan fingerprint density at radius 2 is 1.88 bits per heavy atom. The Bertz CT molecular complexity index is 797. The lowest BCUT2D eigenvalue weighted by Crippen LogP contribution is -2.26. The molecule has 0 aliphatic carbocycles. The standard InChI is InChI=1S/C18H17F2IN2O2/c1-11-9-13(21)5-7-16(11)23-17(24)3-2-8-22-18(25)14-6-4-12(19)10-15(14)20/h4-7,9-10H,2-3,8H2,1H3,(H,22,25)(H,23,24). The Balaban J connectivity index is 1.76. The Kier molecular flexibility index (Phi) is 6.86. The van der Waals surface area contributed by atoms with E-state index in [2.05, 4.69) is 33.2 Å². The molecule has 2 rings (SSSR count). The summed E-state index contributed by atoms with van der Waals surface area (Å²) in [5, 5.41) is 5.33. The molecule has 0 aromatic heterocycles. The van der Waals surface area contributed by atoms with Crippen molar-refractivity contribution in [2.24, 2.45) is 0 Å². The second kappa shape index (κ2) is 8.89. The van der Waals surface area contributed by atoms with Crippen molar-refractivity contribution in [1.29, 1.82) is 0 Å². The molecular weight excluding hydrogens is 441 g/mol. The zero-order valence-electron chi connectivity index (χ0n) is 13.5. The van der Waals surface area contributed by atoms with Crippen LogP contribution >= 0.6 is 22.6 Å². The average Bonchev–Trinajstić information content (AvgIpc) is 2.54. The highest BCUT2D eigenvalue weighted by atomic mass is 127.